The van der Waals surface area contributed by atoms with Gasteiger partial charge in [0.2, 0.25) is 0 Å². The standard InChI is InChI=1S/2C28H25BN2O2S.C25H24BNO2S/c1-27(2)28(3,4)33-29(32-27)20-14-10-13-19(17-20)23-25-24(21-15-8-9-16-22(21)34-25)31-26(30-23)18-11-6-5-7-12-18;1-27(2)28(3,4)33-29(32-27)20-16-14-18(15-17-20)23-25-24(21-12-8-9-13-22(21)34-25)31-26(30-23)19-10-6-5-7-11-19;1-24(2)25(3,4)29-26(28-24)20-12-8-10-18(16-20)17-9-7-11-19(15-17)23-27-21-13-5-6-14-22(21)30-23/h2*5-17H,1-4H3;5-16H,1-4H3. The molecule has 0 saturated carbocycles. The molecule has 9 aromatic carbocycles. The van der Waals surface area contributed by atoms with Crippen LogP contribution in [0.2, 0.25) is 0 Å². The molecule has 0 unspecified atom stereocenters. The SMILES string of the molecule is CC1(C)OB(c2ccc(-c3nc(-c4ccccc4)nc4c3sc3ccccc34)cc2)OC1(C)C.CC1(C)OB(c2cccc(-c3cccc(-c4nc5ccccc5s4)c3)c2)OC1(C)C.CC1(C)OB(c2cccc(-c3nc(-c4ccccc4)nc4c3sc3ccccc34)c2)OC1(C)C. The lowest BCUT2D eigenvalue weighted by molar-refractivity contribution is 0.00578. The van der Waals surface area contributed by atoms with Crippen molar-refractivity contribution in [3.8, 4) is 67.0 Å². The Morgan fingerprint density at radius 2 is 0.643 bits per heavy atom. The summed E-state index contributed by atoms with van der Waals surface area (Å²) in [6.07, 6.45) is 0. The van der Waals surface area contributed by atoms with Gasteiger partial charge in [-0.1, -0.05) is 200 Å². The van der Waals surface area contributed by atoms with Crippen LogP contribution in [0.1, 0.15) is 83.1 Å². The predicted molar refractivity (Wildman–Crippen MR) is 409 cm³/mol. The molecule has 3 saturated heterocycles. The van der Waals surface area contributed by atoms with Crippen LogP contribution in [0, 0.1) is 0 Å². The Bertz CT molecular complexity index is 5230. The first kappa shape index (κ1) is 65.4. The van der Waals surface area contributed by atoms with Crippen molar-refractivity contribution in [3.05, 3.63) is 231 Å². The maximum Gasteiger partial charge on any atom is 0.494 e. The lowest BCUT2D eigenvalue weighted by atomic mass is 9.78. The monoisotopic (exact) mass is 1340 g/mol. The van der Waals surface area contributed by atoms with E-state index in [1.54, 1.807) is 34.0 Å². The van der Waals surface area contributed by atoms with Crippen LogP contribution in [0.3, 0.4) is 0 Å². The fraction of sp³-hybridized carbons (Fsp3) is 0.222. The highest BCUT2D eigenvalue weighted by atomic mass is 32.1. The summed E-state index contributed by atoms with van der Waals surface area (Å²) in [5.41, 5.74) is 13.3. The van der Waals surface area contributed by atoms with Crippen LogP contribution in [-0.4, -0.2) is 79.9 Å². The summed E-state index contributed by atoms with van der Waals surface area (Å²) >= 11 is 5.20. The third kappa shape index (κ3) is 12.4. The molecule has 8 heterocycles. The van der Waals surface area contributed by atoms with Crippen LogP contribution in [0.25, 0.3) is 118 Å². The molecular formula is C81H74B3N5O6S3. The molecule has 3 aliphatic heterocycles. The average molecular weight is 1340 g/mol. The molecule has 0 radical (unpaired) electrons. The molecule has 5 aromatic heterocycles. The van der Waals surface area contributed by atoms with Crippen LogP contribution in [0.15, 0.2) is 231 Å². The third-order valence-corrected chi connectivity index (χ3v) is 23.5. The van der Waals surface area contributed by atoms with Crippen LogP contribution >= 0.6 is 34.0 Å². The van der Waals surface area contributed by atoms with E-state index in [0.29, 0.717) is 0 Å². The van der Waals surface area contributed by atoms with E-state index in [1.165, 1.54) is 14.1 Å². The Hall–Kier alpha value is -8.58. The molecule has 3 aliphatic rings. The van der Waals surface area contributed by atoms with Crippen LogP contribution in [-0.2, 0) is 27.9 Å². The third-order valence-electron chi connectivity index (χ3n) is 20.0. The van der Waals surface area contributed by atoms with E-state index in [0.717, 1.165) is 120 Å². The van der Waals surface area contributed by atoms with Gasteiger partial charge >= 0.3 is 21.4 Å². The number of benzene rings is 9. The molecule has 0 amide bonds. The van der Waals surface area contributed by atoms with Gasteiger partial charge in [0, 0.05) is 48.0 Å². The lowest BCUT2D eigenvalue weighted by Gasteiger charge is -2.32. The molecule has 0 N–H and O–H groups in total. The van der Waals surface area contributed by atoms with E-state index in [1.807, 2.05) is 42.5 Å². The highest BCUT2D eigenvalue weighted by Gasteiger charge is 2.54. The minimum Gasteiger partial charge on any atom is -0.399 e. The highest BCUT2D eigenvalue weighted by Crippen LogP contribution is 2.44. The summed E-state index contributed by atoms with van der Waals surface area (Å²) < 4.78 is 43.4. The minimum atomic E-state index is -0.418. The van der Waals surface area contributed by atoms with Crippen LogP contribution < -0.4 is 16.4 Å². The molecule has 17 heteroatoms. The molecule has 17 rings (SSSR count). The van der Waals surface area contributed by atoms with Crippen LogP contribution in [0.4, 0.5) is 0 Å². The van der Waals surface area contributed by atoms with Crippen molar-refractivity contribution in [2.45, 2.75) is 117 Å². The second kappa shape index (κ2) is 25.3. The van der Waals surface area contributed by atoms with Crippen molar-refractivity contribution in [1.29, 1.82) is 0 Å². The number of nitrogens with zero attached hydrogens (tertiary/aromatic N) is 5. The molecule has 98 heavy (non-hydrogen) atoms. The zero-order chi connectivity index (χ0) is 67.9. The summed E-state index contributed by atoms with van der Waals surface area (Å²) in [6, 6.07) is 79.2. The second-order valence-electron chi connectivity index (χ2n) is 28.3. The zero-order valence-corrected chi connectivity index (χ0v) is 59.5. The van der Waals surface area contributed by atoms with Crippen LogP contribution in [0.5, 0.6) is 0 Å². The summed E-state index contributed by atoms with van der Waals surface area (Å²) in [5, 5.41) is 3.36. The number of thiophene rings is 2. The Morgan fingerprint density at radius 3 is 1.12 bits per heavy atom. The molecule has 3 fully saturated rings. The van der Waals surface area contributed by atoms with E-state index in [-0.39, 0.29) is 47.8 Å². The summed E-state index contributed by atoms with van der Waals surface area (Å²) in [6.45, 7) is 24.9. The Balaban J connectivity index is 0.000000120. The molecule has 11 nitrogen and oxygen atoms in total. The first-order valence-electron chi connectivity index (χ1n) is 33.3. The van der Waals surface area contributed by atoms with Gasteiger partial charge in [-0.25, -0.2) is 24.9 Å². The smallest absolute Gasteiger partial charge is 0.399 e. The second-order valence-corrected chi connectivity index (χ2v) is 31.4. The van der Waals surface area contributed by atoms with Gasteiger partial charge in [0.25, 0.3) is 0 Å². The van der Waals surface area contributed by atoms with E-state index in [2.05, 4.69) is 271 Å². The first-order chi connectivity index (χ1) is 47.0. The normalized spacial score (nSPS) is 17.2. The number of thiazole rings is 1. The lowest BCUT2D eigenvalue weighted by Crippen LogP contribution is -2.41. The number of rotatable bonds is 9. The number of para-hydroxylation sites is 1. The first-order valence-corrected chi connectivity index (χ1v) is 35.8. The molecule has 0 aliphatic carbocycles. The largest absolute Gasteiger partial charge is 0.494 e. The highest BCUT2D eigenvalue weighted by molar-refractivity contribution is 7.26. The van der Waals surface area contributed by atoms with Gasteiger partial charge in [-0.05, 0) is 141 Å². The van der Waals surface area contributed by atoms with E-state index < -0.39 is 7.12 Å². The van der Waals surface area contributed by atoms with E-state index >= 15 is 0 Å². The Labute approximate surface area is 585 Å². The molecule has 486 valence electrons. The van der Waals surface area contributed by atoms with Gasteiger partial charge in [-0.2, -0.15) is 0 Å². The van der Waals surface area contributed by atoms with Crippen molar-refractivity contribution in [2.75, 3.05) is 0 Å². The summed E-state index contributed by atoms with van der Waals surface area (Å²) in [7, 11) is -1.16. The van der Waals surface area contributed by atoms with E-state index in [4.69, 9.17) is 52.8 Å². The van der Waals surface area contributed by atoms with E-state index in [9.17, 15) is 0 Å². The number of aromatic nitrogens is 5. The molecule has 0 atom stereocenters. The fourth-order valence-electron chi connectivity index (χ4n) is 12.3. The van der Waals surface area contributed by atoms with Crippen molar-refractivity contribution in [1.82, 2.24) is 24.9 Å². The van der Waals surface area contributed by atoms with Gasteiger partial charge in [0.05, 0.1) is 75.6 Å². The number of hydrogen-bond acceptors (Lipinski definition) is 14. The van der Waals surface area contributed by atoms with Gasteiger partial charge in [0.1, 0.15) is 5.01 Å². The maximum atomic E-state index is 6.32. The van der Waals surface area contributed by atoms with Crippen molar-refractivity contribution in [2.24, 2.45) is 0 Å². The van der Waals surface area contributed by atoms with Gasteiger partial charge < -0.3 is 27.9 Å². The predicted octanol–water partition coefficient (Wildman–Crippen LogP) is 18.9. The molecule has 0 bridgehead atoms. The summed E-state index contributed by atoms with van der Waals surface area (Å²) in [5.74, 6) is 1.47. The Morgan fingerprint density at radius 1 is 0.276 bits per heavy atom. The summed E-state index contributed by atoms with van der Waals surface area (Å²) in [4.78, 5) is 24.9. The van der Waals surface area contributed by atoms with Gasteiger partial charge in [-0.3, -0.25) is 0 Å². The zero-order valence-electron chi connectivity index (χ0n) is 57.1. The number of hydrogen-bond donors (Lipinski definition) is 0. The fourth-order valence-corrected chi connectivity index (χ4v) is 15.5. The van der Waals surface area contributed by atoms with Crippen molar-refractivity contribution < 1.29 is 27.9 Å². The Kier molecular flexibility index (Phi) is 16.9. The topological polar surface area (TPSA) is 120 Å². The molecule has 0 spiro atoms. The van der Waals surface area contributed by atoms with Crippen molar-refractivity contribution in [3.63, 3.8) is 0 Å². The van der Waals surface area contributed by atoms with Crippen molar-refractivity contribution >= 4 is 123 Å². The van der Waals surface area contributed by atoms with Gasteiger partial charge in [0.15, 0.2) is 11.6 Å². The minimum absolute atomic E-state index is 0.347. The maximum absolute atomic E-state index is 6.32. The molecule has 14 aromatic rings. The quantitative estimate of drug-likeness (QED) is 0.128. The average Bonchev–Trinajstić information content (AvgIpc) is 1.51. The van der Waals surface area contributed by atoms with Gasteiger partial charge in [-0.15, -0.1) is 34.0 Å². The number of fused-ring (bicyclic) bond motifs is 7. The molecular weight excluding hydrogens is 1270 g/mol.